The summed E-state index contributed by atoms with van der Waals surface area (Å²) in [6.45, 7) is 2.64. The summed E-state index contributed by atoms with van der Waals surface area (Å²) in [5.74, 6) is 0.468. The number of carbonyl (C=O) groups is 2. The molecule has 8 heteroatoms. The maximum Gasteiger partial charge on any atom is 0.340 e. The monoisotopic (exact) mass is 346 g/mol. The van der Waals surface area contributed by atoms with Crippen LogP contribution in [-0.2, 0) is 4.74 Å². The lowest BCUT2D eigenvalue weighted by molar-refractivity contribution is 0.0602. The molecule has 1 aliphatic rings. The molecule has 1 N–H and O–H groups in total. The molecule has 0 bridgehead atoms. The van der Waals surface area contributed by atoms with Crippen molar-refractivity contribution in [3.63, 3.8) is 0 Å². The molecule has 0 spiro atoms. The van der Waals surface area contributed by atoms with Crippen molar-refractivity contribution in [2.45, 2.75) is 0 Å². The minimum Gasteiger partial charge on any atom is -0.465 e. The molecular weight excluding hydrogens is 328 g/mol. The van der Waals surface area contributed by atoms with Crippen LogP contribution in [0.25, 0.3) is 0 Å². The van der Waals surface area contributed by atoms with Gasteiger partial charge in [0.2, 0.25) is 0 Å². The number of hydrogen-bond acceptors (Lipinski definition) is 6. The van der Waals surface area contributed by atoms with Gasteiger partial charge in [-0.3, -0.25) is 5.32 Å². The fraction of sp³-hybridized carbons (Fsp3) is 0.312. The zero-order valence-electron chi connectivity index (χ0n) is 13.3. The molecule has 2 amide bonds. The van der Waals surface area contributed by atoms with Crippen LogP contribution in [0.15, 0.2) is 35.8 Å². The first kappa shape index (κ1) is 16.3. The second kappa shape index (κ2) is 7.31. The molecule has 0 unspecified atom stereocenters. The van der Waals surface area contributed by atoms with Crippen LogP contribution in [0.3, 0.4) is 0 Å². The minimum atomic E-state index is -0.452. The SMILES string of the molecule is COC(=O)c1ccsc1NC(=O)N1CCN(c2ccccn2)CC1. The summed E-state index contributed by atoms with van der Waals surface area (Å²) in [6, 6.07) is 7.23. The molecule has 3 rings (SSSR count). The van der Waals surface area contributed by atoms with E-state index in [4.69, 9.17) is 4.74 Å². The van der Waals surface area contributed by atoms with Crippen molar-refractivity contribution in [2.75, 3.05) is 43.5 Å². The molecule has 24 heavy (non-hydrogen) atoms. The predicted octanol–water partition coefficient (Wildman–Crippen LogP) is 2.28. The number of methoxy groups -OCH3 is 1. The topological polar surface area (TPSA) is 74.8 Å². The van der Waals surface area contributed by atoms with Gasteiger partial charge in [-0.05, 0) is 23.6 Å². The Bertz CT molecular complexity index is 711. The van der Waals surface area contributed by atoms with Gasteiger partial charge in [0.25, 0.3) is 0 Å². The molecule has 0 atom stereocenters. The highest BCUT2D eigenvalue weighted by Gasteiger charge is 2.23. The van der Waals surface area contributed by atoms with Gasteiger partial charge in [0.1, 0.15) is 10.8 Å². The molecule has 126 valence electrons. The average Bonchev–Trinajstić information content (AvgIpc) is 3.10. The Morgan fingerprint density at radius 1 is 1.21 bits per heavy atom. The van der Waals surface area contributed by atoms with E-state index in [0.29, 0.717) is 23.7 Å². The number of nitrogens with one attached hydrogen (secondary N) is 1. The number of anilines is 2. The molecule has 0 radical (unpaired) electrons. The largest absolute Gasteiger partial charge is 0.465 e. The Morgan fingerprint density at radius 3 is 2.67 bits per heavy atom. The maximum atomic E-state index is 12.4. The molecule has 0 aliphatic carbocycles. The lowest BCUT2D eigenvalue weighted by atomic mass is 10.3. The van der Waals surface area contributed by atoms with Crippen molar-refractivity contribution in [1.82, 2.24) is 9.88 Å². The second-order valence-electron chi connectivity index (χ2n) is 5.25. The van der Waals surface area contributed by atoms with Crippen molar-refractivity contribution >= 4 is 34.2 Å². The van der Waals surface area contributed by atoms with E-state index in [-0.39, 0.29) is 6.03 Å². The van der Waals surface area contributed by atoms with Gasteiger partial charge >= 0.3 is 12.0 Å². The Hall–Kier alpha value is -2.61. The third kappa shape index (κ3) is 3.48. The lowest BCUT2D eigenvalue weighted by Crippen LogP contribution is -2.50. The molecule has 1 fully saturated rings. The van der Waals surface area contributed by atoms with Gasteiger partial charge in [-0.2, -0.15) is 0 Å². The Labute approximate surface area is 143 Å². The number of esters is 1. The normalized spacial score (nSPS) is 14.4. The number of piperazine rings is 1. The van der Waals surface area contributed by atoms with Gasteiger partial charge in [-0.15, -0.1) is 11.3 Å². The number of rotatable bonds is 3. The fourth-order valence-corrected chi connectivity index (χ4v) is 3.30. The van der Waals surface area contributed by atoms with Gasteiger partial charge in [0, 0.05) is 32.4 Å². The lowest BCUT2D eigenvalue weighted by Gasteiger charge is -2.35. The van der Waals surface area contributed by atoms with Crippen LogP contribution >= 0.6 is 11.3 Å². The molecule has 0 saturated carbocycles. The van der Waals surface area contributed by atoms with Crippen LogP contribution in [0, 0.1) is 0 Å². The minimum absolute atomic E-state index is 0.205. The number of aromatic nitrogens is 1. The fourth-order valence-electron chi connectivity index (χ4n) is 2.53. The van der Waals surface area contributed by atoms with Crippen molar-refractivity contribution in [1.29, 1.82) is 0 Å². The quantitative estimate of drug-likeness (QED) is 0.863. The summed E-state index contributed by atoms with van der Waals surface area (Å²) in [6.07, 6.45) is 1.76. The Morgan fingerprint density at radius 2 is 2.00 bits per heavy atom. The molecule has 1 saturated heterocycles. The molecule has 7 nitrogen and oxygen atoms in total. The van der Waals surface area contributed by atoms with Crippen LogP contribution < -0.4 is 10.2 Å². The number of amides is 2. The van der Waals surface area contributed by atoms with Crippen LogP contribution in [0.1, 0.15) is 10.4 Å². The van der Waals surface area contributed by atoms with E-state index in [1.165, 1.54) is 18.4 Å². The summed E-state index contributed by atoms with van der Waals surface area (Å²) < 4.78 is 4.71. The van der Waals surface area contributed by atoms with E-state index in [1.54, 1.807) is 22.5 Å². The highest BCUT2D eigenvalue weighted by molar-refractivity contribution is 7.14. The summed E-state index contributed by atoms with van der Waals surface area (Å²) >= 11 is 1.30. The Kier molecular flexibility index (Phi) is 4.95. The van der Waals surface area contributed by atoms with Gasteiger partial charge < -0.3 is 14.5 Å². The van der Waals surface area contributed by atoms with Crippen LogP contribution in [0.5, 0.6) is 0 Å². The van der Waals surface area contributed by atoms with Crippen molar-refractivity contribution < 1.29 is 14.3 Å². The van der Waals surface area contributed by atoms with E-state index in [9.17, 15) is 9.59 Å². The summed E-state index contributed by atoms with van der Waals surface area (Å²) in [4.78, 5) is 32.3. The van der Waals surface area contributed by atoms with E-state index < -0.39 is 5.97 Å². The summed E-state index contributed by atoms with van der Waals surface area (Å²) in [5.41, 5.74) is 0.378. The highest BCUT2D eigenvalue weighted by atomic mass is 32.1. The standard InChI is InChI=1S/C16H18N4O3S/c1-23-15(21)12-5-11-24-14(12)18-16(22)20-9-7-19(8-10-20)13-4-2-3-6-17-13/h2-6,11H,7-10H2,1H3,(H,18,22). The molecule has 1 aliphatic heterocycles. The van der Waals surface area contributed by atoms with E-state index in [1.807, 2.05) is 18.2 Å². The molecule has 0 aromatic carbocycles. The second-order valence-corrected chi connectivity index (χ2v) is 6.16. The number of urea groups is 1. The highest BCUT2D eigenvalue weighted by Crippen LogP contribution is 2.24. The predicted molar refractivity (Wildman–Crippen MR) is 92.7 cm³/mol. The number of carbonyl (C=O) groups excluding carboxylic acids is 2. The van der Waals surface area contributed by atoms with Crippen molar-refractivity contribution in [3.05, 3.63) is 41.4 Å². The number of thiophene rings is 1. The van der Waals surface area contributed by atoms with Gasteiger partial charge in [0.05, 0.1) is 12.7 Å². The van der Waals surface area contributed by atoms with Crippen molar-refractivity contribution in [2.24, 2.45) is 0 Å². The first-order valence-electron chi connectivity index (χ1n) is 7.57. The molecule has 2 aromatic rings. The third-order valence-electron chi connectivity index (χ3n) is 3.83. The van der Waals surface area contributed by atoms with E-state index in [0.717, 1.165) is 18.9 Å². The molecule has 3 heterocycles. The Balaban J connectivity index is 1.58. The van der Waals surface area contributed by atoms with Crippen molar-refractivity contribution in [3.8, 4) is 0 Å². The van der Waals surface area contributed by atoms with Crippen LogP contribution in [-0.4, -0.2) is 55.2 Å². The van der Waals surface area contributed by atoms with E-state index >= 15 is 0 Å². The number of pyridine rings is 1. The average molecular weight is 346 g/mol. The zero-order chi connectivity index (χ0) is 16.9. The van der Waals surface area contributed by atoms with E-state index in [2.05, 4.69) is 15.2 Å². The third-order valence-corrected chi connectivity index (χ3v) is 4.66. The number of hydrogen-bond donors (Lipinski definition) is 1. The van der Waals surface area contributed by atoms with Gasteiger partial charge in [-0.25, -0.2) is 14.6 Å². The van der Waals surface area contributed by atoms with Gasteiger partial charge in [0.15, 0.2) is 0 Å². The molecule has 2 aromatic heterocycles. The van der Waals surface area contributed by atoms with Gasteiger partial charge in [-0.1, -0.05) is 6.07 Å². The maximum absolute atomic E-state index is 12.4. The van der Waals surface area contributed by atoms with Crippen LogP contribution in [0.4, 0.5) is 15.6 Å². The summed E-state index contributed by atoms with van der Waals surface area (Å²) in [5, 5.41) is 5.06. The smallest absolute Gasteiger partial charge is 0.340 e. The zero-order valence-corrected chi connectivity index (χ0v) is 14.1. The molecular formula is C16H18N4O3S. The summed E-state index contributed by atoms with van der Waals surface area (Å²) in [7, 11) is 1.32. The first-order valence-corrected chi connectivity index (χ1v) is 8.44. The number of nitrogens with zero attached hydrogens (tertiary/aromatic N) is 3. The van der Waals surface area contributed by atoms with Crippen LogP contribution in [0.2, 0.25) is 0 Å². The number of ether oxygens (including phenoxy) is 1. The first-order chi connectivity index (χ1) is 11.7.